The number of rotatable bonds is 48. The van der Waals surface area contributed by atoms with Crippen LogP contribution in [0.15, 0.2) is 12.3 Å². The zero-order valence-corrected chi connectivity index (χ0v) is 57.9. The number of ether oxygens (including phenoxy) is 3. The van der Waals surface area contributed by atoms with Crippen molar-refractivity contribution in [2.45, 2.75) is 347 Å². The number of carbonyl (C=O) groups excluding carboxylic acids is 5. The second kappa shape index (κ2) is 87.7. The van der Waals surface area contributed by atoms with Gasteiger partial charge in [0.25, 0.3) is 0 Å². The minimum Gasteiger partial charge on any atom is -0.497 e. The van der Waals surface area contributed by atoms with E-state index in [0.29, 0.717) is 50.2 Å². The third-order valence-electron chi connectivity index (χ3n) is 13.7. The van der Waals surface area contributed by atoms with E-state index >= 15 is 0 Å². The minimum absolute atomic E-state index is 0.135. The lowest BCUT2D eigenvalue weighted by molar-refractivity contribution is -0.136. The van der Waals surface area contributed by atoms with Crippen LogP contribution in [0.3, 0.4) is 0 Å². The van der Waals surface area contributed by atoms with Crippen molar-refractivity contribution in [1.82, 2.24) is 9.80 Å². The van der Waals surface area contributed by atoms with Crippen molar-refractivity contribution in [3.63, 3.8) is 0 Å². The average Bonchev–Trinajstić information content (AvgIpc) is 4.06. The number of Topliss-reactive ketones (excluding diaryl/α,β-unsaturated/α-hetero) is 2. The van der Waals surface area contributed by atoms with E-state index < -0.39 is 5.97 Å². The maximum Gasteiger partial charge on any atom is 0.409 e. The van der Waals surface area contributed by atoms with Crippen molar-refractivity contribution in [3.05, 3.63) is 12.3 Å². The Kier molecular flexibility index (Phi) is 98.8. The summed E-state index contributed by atoms with van der Waals surface area (Å²) in [5, 5.41) is 7.72. The molecule has 1 atom stereocenters. The summed E-state index contributed by atoms with van der Waals surface area (Å²) in [6.07, 6.45) is 48.1. The highest BCUT2D eigenvalue weighted by Crippen LogP contribution is 2.14. The summed E-state index contributed by atoms with van der Waals surface area (Å²) in [5.74, 6) is 1.46. The molecule has 1 fully saturated rings. The Bertz CT molecular complexity index is 1280. The van der Waals surface area contributed by atoms with Gasteiger partial charge in [0.15, 0.2) is 0 Å². The van der Waals surface area contributed by atoms with Gasteiger partial charge in [-0.2, -0.15) is 0 Å². The molecule has 0 bridgehead atoms. The first-order chi connectivity index (χ1) is 40.2. The molecule has 1 aliphatic heterocycles. The highest BCUT2D eigenvalue weighted by atomic mass is 16.6. The molecule has 0 aromatic heterocycles. The molecular weight excluding hydrogens is 1040 g/mol. The molecule has 83 heavy (non-hydrogen) atoms. The molecule has 498 valence electrons. The van der Waals surface area contributed by atoms with Crippen LogP contribution in [-0.4, -0.2) is 111 Å². The fourth-order valence-corrected chi connectivity index (χ4v) is 7.87. The van der Waals surface area contributed by atoms with Crippen LogP contribution in [0.1, 0.15) is 347 Å². The third-order valence-corrected chi connectivity index (χ3v) is 13.7. The number of amides is 1. The highest BCUT2D eigenvalue weighted by Gasteiger charge is 2.18. The number of nitrogens with zero attached hydrogens (tertiary/aromatic N) is 2. The molecule has 1 amide bonds. The molecule has 0 saturated carbocycles. The minimum atomic E-state index is -0.745. The molecule has 1 saturated heterocycles. The standard InChI is InChI=1S/C18H33NO3.C15H30O.C12H24O.C9H20O.C8H15NO2.C4H10.C3H6O2.C2H6/c1-3-4-5-6-7-11-16-22-18(2)17-19(13-15-21)12-9-8-10-14-20;1-4-6-7-8-9-10-11-12-15(16)13-14(3)5-2;1-3-5-6-7-8-9-10-11-12(13)4-2;1-3-4-5-6-7-8-9-10-2;1-2-7-11-8(10)9-5-3-4-6-9;1-3-4-2;1-2-3(4)5;1-2/h14-15H,2-13,16-17H2,1H3;14H,4-13H2,1-3H3;3-11H2,1-2H3;3-9H2,1-2H3;2-7H2,1H3;3-4H2,1-2H3;2H2,1H3,(H,4,5);1-2H3. The van der Waals surface area contributed by atoms with Gasteiger partial charge >= 0.3 is 12.1 Å². The fraction of sp³-hybridized carbons (Fsp3) is 0.887. The Hall–Kier alpha value is -3.12. The van der Waals surface area contributed by atoms with Gasteiger partial charge in [0.05, 0.1) is 26.3 Å². The maximum absolute atomic E-state index is 11.5. The molecule has 1 aliphatic rings. The van der Waals surface area contributed by atoms with Crippen LogP contribution in [0.5, 0.6) is 0 Å². The first-order valence-electron chi connectivity index (χ1n) is 34.8. The number of hydrogen-bond donors (Lipinski definition) is 1. The van der Waals surface area contributed by atoms with Gasteiger partial charge in [-0.05, 0) is 70.3 Å². The molecule has 12 heteroatoms. The second-order valence-corrected chi connectivity index (χ2v) is 21.9. The number of aldehydes is 2. The third kappa shape index (κ3) is 95.5. The lowest BCUT2D eigenvalue weighted by Crippen LogP contribution is -2.29. The van der Waals surface area contributed by atoms with Crippen LogP contribution in [0.2, 0.25) is 0 Å². The summed E-state index contributed by atoms with van der Waals surface area (Å²) in [5.41, 5.74) is 0. The van der Waals surface area contributed by atoms with E-state index in [4.69, 9.17) is 19.3 Å². The van der Waals surface area contributed by atoms with Crippen molar-refractivity contribution in [2.75, 3.05) is 59.7 Å². The van der Waals surface area contributed by atoms with Crippen molar-refractivity contribution in [1.29, 1.82) is 0 Å². The Morgan fingerprint density at radius 3 is 1.31 bits per heavy atom. The highest BCUT2D eigenvalue weighted by molar-refractivity contribution is 5.78. The molecular formula is C71H144N2O10. The largest absolute Gasteiger partial charge is 0.497 e. The second-order valence-electron chi connectivity index (χ2n) is 21.9. The van der Waals surface area contributed by atoms with Crippen LogP contribution in [0, 0.1) is 5.92 Å². The smallest absolute Gasteiger partial charge is 0.409 e. The van der Waals surface area contributed by atoms with Crippen LogP contribution in [0.4, 0.5) is 4.79 Å². The van der Waals surface area contributed by atoms with Crippen LogP contribution in [0.25, 0.3) is 0 Å². The Morgan fingerprint density at radius 1 is 0.518 bits per heavy atom. The van der Waals surface area contributed by atoms with Crippen molar-refractivity contribution in [3.8, 4) is 0 Å². The van der Waals surface area contributed by atoms with Gasteiger partial charge in [0.2, 0.25) is 0 Å². The molecule has 1 rings (SSSR count). The fourth-order valence-electron chi connectivity index (χ4n) is 7.87. The summed E-state index contributed by atoms with van der Waals surface area (Å²) < 4.78 is 15.6. The molecule has 1 heterocycles. The van der Waals surface area contributed by atoms with E-state index in [1.54, 1.807) is 18.9 Å². The quantitative estimate of drug-likeness (QED) is 0.0351. The molecule has 0 aliphatic carbocycles. The Morgan fingerprint density at radius 2 is 0.940 bits per heavy atom. The number of aliphatic carboxylic acids is 1. The zero-order chi connectivity index (χ0) is 64.1. The number of hydrogen-bond acceptors (Lipinski definition) is 10. The zero-order valence-electron chi connectivity index (χ0n) is 57.9. The summed E-state index contributed by atoms with van der Waals surface area (Å²) in [6, 6.07) is 0. The number of carbonyl (C=O) groups is 6. The number of carboxylic acids is 1. The first-order valence-corrected chi connectivity index (χ1v) is 34.8. The predicted octanol–water partition coefficient (Wildman–Crippen LogP) is 20.9. The summed E-state index contributed by atoms with van der Waals surface area (Å²) >= 11 is 0. The molecule has 0 aromatic carbocycles. The molecule has 0 spiro atoms. The summed E-state index contributed by atoms with van der Waals surface area (Å²) in [4.78, 5) is 67.7. The molecule has 1 unspecified atom stereocenters. The van der Waals surface area contributed by atoms with E-state index in [1.807, 2.05) is 32.6 Å². The number of likely N-dealkylation sites (tertiary alicyclic amines) is 1. The van der Waals surface area contributed by atoms with Gasteiger partial charge in [-0.15, -0.1) is 0 Å². The monoisotopic (exact) mass is 1190 g/mol. The van der Waals surface area contributed by atoms with Crippen molar-refractivity contribution < 1.29 is 48.1 Å². The first kappa shape index (κ1) is 93.6. The van der Waals surface area contributed by atoms with E-state index in [2.05, 4.69) is 62.0 Å². The summed E-state index contributed by atoms with van der Waals surface area (Å²) in [7, 11) is 1.77. The van der Waals surface area contributed by atoms with Crippen LogP contribution >= 0.6 is 0 Å². The van der Waals surface area contributed by atoms with E-state index in [1.165, 1.54) is 161 Å². The molecule has 12 nitrogen and oxygen atoms in total. The normalized spacial score (nSPS) is 11.2. The molecule has 0 aromatic rings. The maximum atomic E-state index is 11.5. The van der Waals surface area contributed by atoms with Gasteiger partial charge in [0, 0.05) is 65.3 Å². The van der Waals surface area contributed by atoms with Gasteiger partial charge < -0.3 is 33.8 Å². The number of methoxy groups -OCH3 is 1. The van der Waals surface area contributed by atoms with E-state index in [0.717, 1.165) is 128 Å². The van der Waals surface area contributed by atoms with Crippen molar-refractivity contribution in [2.24, 2.45) is 5.92 Å². The average molecular weight is 1190 g/mol. The van der Waals surface area contributed by atoms with Crippen LogP contribution < -0.4 is 0 Å². The van der Waals surface area contributed by atoms with Gasteiger partial charge in [-0.1, -0.05) is 257 Å². The van der Waals surface area contributed by atoms with Gasteiger partial charge in [-0.3, -0.25) is 19.3 Å². The lowest BCUT2D eigenvalue weighted by Gasteiger charge is -2.21. The topological polar surface area (TPSA) is 157 Å². The van der Waals surface area contributed by atoms with E-state index in [-0.39, 0.29) is 12.5 Å². The molecule has 0 radical (unpaired) electrons. The van der Waals surface area contributed by atoms with Crippen molar-refractivity contribution >= 4 is 36.2 Å². The lowest BCUT2D eigenvalue weighted by atomic mass is 9.98. The van der Waals surface area contributed by atoms with Gasteiger partial charge in [-0.25, -0.2) is 4.79 Å². The molecule has 1 N–H and O–H groups in total. The van der Waals surface area contributed by atoms with E-state index in [9.17, 15) is 28.8 Å². The Balaban J connectivity index is -0.000000170. The number of carboxylic acid groups (broad SMARTS) is 1. The summed E-state index contributed by atoms with van der Waals surface area (Å²) in [6.45, 7) is 36.8. The van der Waals surface area contributed by atoms with Crippen LogP contribution in [-0.2, 0) is 38.2 Å². The number of unbranched alkanes of at least 4 members (excludes halogenated alkanes) is 25. The predicted molar refractivity (Wildman–Crippen MR) is 358 cm³/mol. The SMILES string of the molecule is C=C(CN(CC=O)CCCCC=O)OCCCCCCCC.CC.CCC(=O)O.CCCC.CCCCCCCCCC(=O)CC.CCCCCCCCCC(=O)CC(C)CC.CCCCCCCCOC.CCCOC(=O)N1CCCC1. The Labute approximate surface area is 516 Å². The van der Waals surface area contributed by atoms with Gasteiger partial charge in [0.1, 0.15) is 29.9 Å². The number of ketones is 2.